The first-order chi connectivity index (χ1) is 10.9. The molecule has 2 atom stereocenters. The minimum atomic E-state index is -0.686. The summed E-state index contributed by atoms with van der Waals surface area (Å²) in [5.74, 6) is 0.865. The summed E-state index contributed by atoms with van der Waals surface area (Å²) in [4.78, 5) is 12.3. The van der Waals surface area contributed by atoms with Crippen molar-refractivity contribution in [2.45, 2.75) is 39.3 Å². The zero-order chi connectivity index (χ0) is 17.0. The standard InChI is InChI=1S/C16H19BrClN3O2/c1-4-10(2)21-15(7-8-19-21)20-16(22)11(3)23-14-6-5-12(17)9-13(14)18/h5-11H,4H2,1-3H3,(H,20,22)/t10-,11+/m1/s1. The Bertz CT molecular complexity index is 690. The molecule has 1 amide bonds. The molecule has 0 bridgehead atoms. The molecule has 0 aliphatic rings. The summed E-state index contributed by atoms with van der Waals surface area (Å²) < 4.78 is 8.28. The number of anilines is 1. The van der Waals surface area contributed by atoms with Crippen molar-refractivity contribution < 1.29 is 9.53 Å². The highest BCUT2D eigenvalue weighted by atomic mass is 79.9. The lowest BCUT2D eigenvalue weighted by Crippen LogP contribution is -2.31. The first-order valence-electron chi connectivity index (χ1n) is 7.38. The topological polar surface area (TPSA) is 56.2 Å². The van der Waals surface area contributed by atoms with E-state index in [4.69, 9.17) is 16.3 Å². The van der Waals surface area contributed by atoms with Gasteiger partial charge in [0.1, 0.15) is 11.6 Å². The van der Waals surface area contributed by atoms with Crippen molar-refractivity contribution in [1.82, 2.24) is 9.78 Å². The fourth-order valence-electron chi connectivity index (χ4n) is 1.98. The third kappa shape index (κ3) is 4.48. The number of nitrogens with one attached hydrogen (secondary N) is 1. The molecule has 0 saturated heterocycles. The van der Waals surface area contributed by atoms with Crippen LogP contribution in [0.15, 0.2) is 34.9 Å². The number of halogens is 2. The average Bonchev–Trinajstić information content (AvgIpc) is 2.97. The summed E-state index contributed by atoms with van der Waals surface area (Å²) in [6.45, 7) is 5.79. The maximum absolute atomic E-state index is 12.3. The van der Waals surface area contributed by atoms with Gasteiger partial charge in [0.2, 0.25) is 0 Å². The van der Waals surface area contributed by atoms with E-state index in [9.17, 15) is 4.79 Å². The predicted molar refractivity (Wildman–Crippen MR) is 95.1 cm³/mol. The fraction of sp³-hybridized carbons (Fsp3) is 0.375. The summed E-state index contributed by atoms with van der Waals surface area (Å²) >= 11 is 9.44. The molecule has 1 aromatic carbocycles. The number of hydrogen-bond donors (Lipinski definition) is 1. The molecule has 0 fully saturated rings. The van der Waals surface area contributed by atoms with Crippen LogP contribution in [0.2, 0.25) is 5.02 Å². The Balaban J connectivity index is 2.04. The van der Waals surface area contributed by atoms with Crippen LogP contribution in [0.3, 0.4) is 0 Å². The number of amides is 1. The van der Waals surface area contributed by atoms with Crippen molar-refractivity contribution in [2.75, 3.05) is 5.32 Å². The van der Waals surface area contributed by atoms with Gasteiger partial charge in [-0.1, -0.05) is 34.5 Å². The number of carbonyl (C=O) groups excluding carboxylic acids is 1. The van der Waals surface area contributed by atoms with Gasteiger partial charge in [-0.25, -0.2) is 4.68 Å². The van der Waals surface area contributed by atoms with Gasteiger partial charge in [0.15, 0.2) is 6.10 Å². The average molecular weight is 401 g/mol. The van der Waals surface area contributed by atoms with E-state index < -0.39 is 6.10 Å². The number of aromatic nitrogens is 2. The van der Waals surface area contributed by atoms with Gasteiger partial charge < -0.3 is 10.1 Å². The summed E-state index contributed by atoms with van der Waals surface area (Å²) in [6, 6.07) is 7.23. The summed E-state index contributed by atoms with van der Waals surface area (Å²) in [6.07, 6.45) is 1.90. The van der Waals surface area contributed by atoms with E-state index >= 15 is 0 Å². The van der Waals surface area contributed by atoms with Crippen LogP contribution >= 0.6 is 27.5 Å². The Labute approximate surface area is 149 Å². The van der Waals surface area contributed by atoms with Crippen LogP contribution in [-0.4, -0.2) is 21.8 Å². The molecule has 0 spiro atoms. The van der Waals surface area contributed by atoms with E-state index in [1.807, 2.05) is 13.0 Å². The highest BCUT2D eigenvalue weighted by Gasteiger charge is 2.19. The van der Waals surface area contributed by atoms with Crippen LogP contribution in [0.4, 0.5) is 5.82 Å². The second kappa shape index (κ2) is 7.84. The first kappa shape index (κ1) is 17.8. The summed E-state index contributed by atoms with van der Waals surface area (Å²) in [5.41, 5.74) is 0. The number of carbonyl (C=O) groups is 1. The third-order valence-electron chi connectivity index (χ3n) is 3.50. The molecule has 0 aliphatic carbocycles. The molecule has 1 heterocycles. The molecular formula is C16H19BrClN3O2. The largest absolute Gasteiger partial charge is 0.479 e. The molecule has 5 nitrogen and oxygen atoms in total. The van der Waals surface area contributed by atoms with Gasteiger partial charge in [0.25, 0.3) is 5.91 Å². The number of rotatable bonds is 6. The van der Waals surface area contributed by atoms with Gasteiger partial charge >= 0.3 is 0 Å². The van der Waals surface area contributed by atoms with Crippen LogP contribution < -0.4 is 10.1 Å². The summed E-state index contributed by atoms with van der Waals surface area (Å²) in [7, 11) is 0. The van der Waals surface area contributed by atoms with E-state index in [1.54, 1.807) is 36.0 Å². The van der Waals surface area contributed by atoms with Gasteiger partial charge in [0, 0.05) is 10.5 Å². The van der Waals surface area contributed by atoms with Crippen LogP contribution in [-0.2, 0) is 4.79 Å². The molecule has 7 heteroatoms. The highest BCUT2D eigenvalue weighted by Crippen LogP contribution is 2.28. The van der Waals surface area contributed by atoms with E-state index in [0.29, 0.717) is 16.6 Å². The zero-order valence-electron chi connectivity index (χ0n) is 13.2. The zero-order valence-corrected chi connectivity index (χ0v) is 15.6. The van der Waals surface area contributed by atoms with Crippen molar-refractivity contribution in [1.29, 1.82) is 0 Å². The second-order valence-corrected chi connectivity index (χ2v) is 6.57. The SMILES string of the molecule is CC[C@@H](C)n1nccc1NC(=O)[C@H](C)Oc1ccc(Br)cc1Cl. The highest BCUT2D eigenvalue weighted by molar-refractivity contribution is 9.10. The van der Waals surface area contributed by atoms with Gasteiger partial charge in [0.05, 0.1) is 17.3 Å². The lowest BCUT2D eigenvalue weighted by atomic mass is 10.3. The van der Waals surface area contributed by atoms with E-state index in [0.717, 1.165) is 10.9 Å². The lowest BCUT2D eigenvalue weighted by molar-refractivity contribution is -0.122. The van der Waals surface area contributed by atoms with Gasteiger partial charge in [-0.2, -0.15) is 5.10 Å². The van der Waals surface area contributed by atoms with Crippen LogP contribution in [0.25, 0.3) is 0 Å². The van der Waals surface area contributed by atoms with Crippen molar-refractivity contribution in [3.63, 3.8) is 0 Å². The molecular weight excluding hydrogens is 382 g/mol. The second-order valence-electron chi connectivity index (χ2n) is 5.24. The number of nitrogens with zero attached hydrogens (tertiary/aromatic N) is 2. The third-order valence-corrected chi connectivity index (χ3v) is 4.29. The molecule has 0 unspecified atom stereocenters. The Morgan fingerprint density at radius 2 is 2.17 bits per heavy atom. The Hall–Kier alpha value is -1.53. The minimum absolute atomic E-state index is 0.206. The monoisotopic (exact) mass is 399 g/mol. The van der Waals surface area contributed by atoms with Gasteiger partial charge in [-0.05, 0) is 38.5 Å². The van der Waals surface area contributed by atoms with E-state index in [2.05, 4.69) is 33.3 Å². The smallest absolute Gasteiger partial charge is 0.266 e. The molecule has 0 aliphatic heterocycles. The molecule has 2 aromatic rings. The number of ether oxygens (including phenoxy) is 1. The molecule has 0 radical (unpaired) electrons. The van der Waals surface area contributed by atoms with Crippen LogP contribution in [0.1, 0.15) is 33.2 Å². The van der Waals surface area contributed by atoms with Crippen molar-refractivity contribution in [3.8, 4) is 5.75 Å². The molecule has 1 aromatic heterocycles. The maximum Gasteiger partial charge on any atom is 0.266 e. The van der Waals surface area contributed by atoms with Crippen LogP contribution in [0, 0.1) is 0 Å². The van der Waals surface area contributed by atoms with Crippen LogP contribution in [0.5, 0.6) is 5.75 Å². The molecule has 2 rings (SSSR count). The fourth-order valence-corrected chi connectivity index (χ4v) is 2.70. The first-order valence-corrected chi connectivity index (χ1v) is 8.55. The molecule has 0 saturated carbocycles. The Morgan fingerprint density at radius 1 is 1.43 bits per heavy atom. The van der Waals surface area contributed by atoms with Crippen molar-refractivity contribution >= 4 is 39.3 Å². The number of hydrogen-bond acceptors (Lipinski definition) is 3. The summed E-state index contributed by atoms with van der Waals surface area (Å²) in [5, 5.41) is 7.53. The molecule has 124 valence electrons. The Morgan fingerprint density at radius 3 is 2.83 bits per heavy atom. The normalized spacial score (nSPS) is 13.4. The quantitative estimate of drug-likeness (QED) is 0.766. The van der Waals surface area contributed by atoms with Crippen molar-refractivity contribution in [3.05, 3.63) is 40.0 Å². The maximum atomic E-state index is 12.3. The van der Waals surface area contributed by atoms with Gasteiger partial charge in [-0.3, -0.25) is 4.79 Å². The minimum Gasteiger partial charge on any atom is -0.479 e. The van der Waals surface area contributed by atoms with Crippen molar-refractivity contribution in [2.24, 2.45) is 0 Å². The predicted octanol–water partition coefficient (Wildman–Crippen LogP) is 4.68. The number of benzene rings is 1. The lowest BCUT2D eigenvalue weighted by Gasteiger charge is -2.18. The van der Waals surface area contributed by atoms with E-state index in [-0.39, 0.29) is 11.9 Å². The molecule has 23 heavy (non-hydrogen) atoms. The Kier molecular flexibility index (Phi) is 6.07. The van der Waals surface area contributed by atoms with E-state index in [1.165, 1.54) is 0 Å². The van der Waals surface area contributed by atoms with Gasteiger partial charge in [-0.15, -0.1) is 0 Å². The molecule has 1 N–H and O–H groups in total.